The lowest BCUT2D eigenvalue weighted by Gasteiger charge is -2.37. The van der Waals surface area contributed by atoms with Crippen LogP contribution in [0.25, 0.3) is 10.2 Å². The fraction of sp³-hybridized carbons (Fsp3) is 0.480. The third-order valence-electron chi connectivity index (χ3n) is 6.82. The van der Waals surface area contributed by atoms with Gasteiger partial charge in [-0.25, -0.2) is 4.98 Å². The summed E-state index contributed by atoms with van der Waals surface area (Å²) in [6, 6.07) is 8.44. The van der Waals surface area contributed by atoms with Crippen LogP contribution in [0.2, 0.25) is 0 Å². The average Bonchev–Trinajstić information content (AvgIpc) is 3.52. The Labute approximate surface area is 198 Å². The molecule has 0 unspecified atom stereocenters. The first-order valence-electron chi connectivity index (χ1n) is 11.8. The lowest BCUT2D eigenvalue weighted by Crippen LogP contribution is -2.49. The topological polar surface area (TPSA) is 61.7 Å². The molecule has 2 aliphatic heterocycles. The van der Waals surface area contributed by atoms with Gasteiger partial charge in [0.25, 0.3) is 5.56 Å². The number of carbonyl (C=O) groups is 1. The number of nitrogens with zero attached hydrogens (tertiary/aromatic N) is 5. The molecule has 4 heterocycles. The van der Waals surface area contributed by atoms with E-state index in [0.29, 0.717) is 30.8 Å². The fourth-order valence-electron chi connectivity index (χ4n) is 4.91. The van der Waals surface area contributed by atoms with Crippen LogP contribution >= 0.6 is 11.3 Å². The van der Waals surface area contributed by atoms with E-state index in [1.54, 1.807) is 4.57 Å². The number of aromatic nitrogens is 2. The summed E-state index contributed by atoms with van der Waals surface area (Å²) in [6.45, 7) is 9.54. The lowest BCUT2D eigenvalue weighted by molar-refractivity contribution is -0.131. The number of hydrogen-bond donors (Lipinski definition) is 0. The molecule has 2 aliphatic rings. The maximum Gasteiger partial charge on any atom is 0.272 e. The van der Waals surface area contributed by atoms with Crippen molar-refractivity contribution in [3.63, 3.8) is 0 Å². The molecular weight excluding hydrogens is 434 g/mol. The summed E-state index contributed by atoms with van der Waals surface area (Å²) >= 11 is 1.43. The average molecular weight is 466 g/mol. The van der Waals surface area contributed by atoms with Gasteiger partial charge in [-0.1, -0.05) is 12.1 Å². The summed E-state index contributed by atoms with van der Waals surface area (Å²) in [5, 5.41) is 1.91. The Balaban J connectivity index is 1.27. The van der Waals surface area contributed by atoms with Gasteiger partial charge >= 0.3 is 0 Å². The summed E-state index contributed by atoms with van der Waals surface area (Å²) in [4.78, 5) is 37.5. The molecule has 2 saturated heterocycles. The minimum atomic E-state index is -0.0237. The number of anilines is 2. The monoisotopic (exact) mass is 465 g/mol. The molecule has 0 aliphatic carbocycles. The van der Waals surface area contributed by atoms with Crippen molar-refractivity contribution in [1.29, 1.82) is 0 Å². The van der Waals surface area contributed by atoms with Gasteiger partial charge in [-0.15, -0.1) is 11.3 Å². The van der Waals surface area contributed by atoms with Crippen molar-refractivity contribution in [3.05, 3.63) is 51.1 Å². The van der Waals surface area contributed by atoms with Gasteiger partial charge in [-0.2, -0.15) is 0 Å². The Morgan fingerprint density at radius 1 is 1.00 bits per heavy atom. The number of hydrogen-bond acceptors (Lipinski definition) is 6. The van der Waals surface area contributed by atoms with E-state index in [-0.39, 0.29) is 11.5 Å². The summed E-state index contributed by atoms with van der Waals surface area (Å²) < 4.78 is 2.40. The first kappa shape index (κ1) is 21.9. The second-order valence-corrected chi connectivity index (χ2v) is 10.0. The van der Waals surface area contributed by atoms with Gasteiger partial charge in [-0.3, -0.25) is 14.2 Å². The van der Waals surface area contributed by atoms with Crippen LogP contribution in [0.3, 0.4) is 0 Å². The van der Waals surface area contributed by atoms with Gasteiger partial charge in [0, 0.05) is 57.9 Å². The molecule has 8 heteroatoms. The van der Waals surface area contributed by atoms with E-state index in [1.807, 2.05) is 16.3 Å². The third-order valence-corrected chi connectivity index (χ3v) is 7.71. The van der Waals surface area contributed by atoms with Crippen LogP contribution in [0.15, 0.2) is 34.4 Å². The molecule has 3 aromatic rings. The number of fused-ring (bicyclic) bond motifs is 1. The van der Waals surface area contributed by atoms with Gasteiger partial charge in [0.05, 0.1) is 5.52 Å². The van der Waals surface area contributed by atoms with Crippen LogP contribution in [-0.4, -0.2) is 59.6 Å². The van der Waals surface area contributed by atoms with Crippen molar-refractivity contribution >= 4 is 39.1 Å². The molecule has 0 N–H and O–H groups in total. The molecule has 33 heavy (non-hydrogen) atoms. The molecule has 5 rings (SSSR count). The smallest absolute Gasteiger partial charge is 0.272 e. The van der Waals surface area contributed by atoms with Gasteiger partial charge < -0.3 is 14.7 Å². The first-order valence-corrected chi connectivity index (χ1v) is 12.7. The van der Waals surface area contributed by atoms with Crippen LogP contribution in [0.4, 0.5) is 11.6 Å². The summed E-state index contributed by atoms with van der Waals surface area (Å²) in [5.41, 5.74) is 4.52. The molecule has 2 fully saturated rings. The molecule has 1 amide bonds. The molecule has 1 aromatic carbocycles. The second-order valence-electron chi connectivity index (χ2n) is 9.11. The Hall–Kier alpha value is -2.87. The normalized spacial score (nSPS) is 16.7. The van der Waals surface area contributed by atoms with Crippen molar-refractivity contribution in [3.8, 4) is 0 Å². The van der Waals surface area contributed by atoms with E-state index >= 15 is 0 Å². The van der Waals surface area contributed by atoms with Crippen molar-refractivity contribution in [2.45, 2.75) is 39.7 Å². The van der Waals surface area contributed by atoms with Crippen molar-refractivity contribution in [2.24, 2.45) is 0 Å². The van der Waals surface area contributed by atoms with Crippen LogP contribution in [-0.2, 0) is 11.3 Å². The highest BCUT2D eigenvalue weighted by Gasteiger charge is 2.24. The number of rotatable bonds is 5. The highest BCUT2D eigenvalue weighted by atomic mass is 32.1. The second kappa shape index (κ2) is 9.17. The highest BCUT2D eigenvalue weighted by Crippen LogP contribution is 2.24. The number of amides is 1. The van der Waals surface area contributed by atoms with E-state index in [1.165, 1.54) is 28.2 Å². The molecule has 7 nitrogen and oxygen atoms in total. The lowest BCUT2D eigenvalue weighted by atomic mass is 10.1. The Morgan fingerprint density at radius 3 is 2.52 bits per heavy atom. The van der Waals surface area contributed by atoms with Gasteiger partial charge in [-0.05, 0) is 55.3 Å². The predicted molar refractivity (Wildman–Crippen MR) is 135 cm³/mol. The predicted octanol–water partition coefficient (Wildman–Crippen LogP) is 3.41. The van der Waals surface area contributed by atoms with Gasteiger partial charge in [0.1, 0.15) is 4.70 Å². The molecule has 0 spiro atoms. The van der Waals surface area contributed by atoms with Crippen LogP contribution in [0.1, 0.15) is 30.4 Å². The van der Waals surface area contributed by atoms with Crippen LogP contribution < -0.4 is 15.4 Å². The first-order chi connectivity index (χ1) is 16.0. The van der Waals surface area contributed by atoms with E-state index < -0.39 is 0 Å². The number of piperazine rings is 1. The molecule has 0 radical (unpaired) electrons. The van der Waals surface area contributed by atoms with E-state index in [4.69, 9.17) is 4.98 Å². The summed E-state index contributed by atoms with van der Waals surface area (Å²) in [7, 11) is 0. The van der Waals surface area contributed by atoms with Gasteiger partial charge in [0.2, 0.25) is 11.9 Å². The standard InChI is InChI=1S/C25H31N5O2S/c1-18-5-6-19(2)21(17-18)27-12-14-28(15-13-27)22(31)7-11-30-24(32)23-20(8-16-33-23)26-25(30)29-9-3-4-10-29/h5-6,8,16-17H,3-4,7,9-15H2,1-2H3. The van der Waals surface area contributed by atoms with E-state index in [2.05, 4.69) is 41.8 Å². The number of carbonyl (C=O) groups excluding carboxylic acids is 1. The quantitative estimate of drug-likeness (QED) is 0.578. The SMILES string of the molecule is Cc1ccc(C)c(N2CCN(C(=O)CCn3c(N4CCCC4)nc4ccsc4c3=O)CC2)c1. The number of thiophene rings is 1. The molecule has 0 saturated carbocycles. The van der Waals surface area contributed by atoms with E-state index in [9.17, 15) is 9.59 Å². The minimum Gasteiger partial charge on any atom is -0.368 e. The zero-order valence-electron chi connectivity index (χ0n) is 19.4. The summed E-state index contributed by atoms with van der Waals surface area (Å²) in [6.07, 6.45) is 2.55. The Morgan fingerprint density at radius 2 is 1.76 bits per heavy atom. The molecule has 174 valence electrons. The maximum atomic E-state index is 13.2. The maximum absolute atomic E-state index is 13.2. The highest BCUT2D eigenvalue weighted by molar-refractivity contribution is 7.17. The zero-order valence-corrected chi connectivity index (χ0v) is 20.2. The third kappa shape index (κ3) is 4.36. The number of aryl methyl sites for hydroxylation is 2. The van der Waals surface area contributed by atoms with Crippen molar-refractivity contribution in [1.82, 2.24) is 14.5 Å². The molecular formula is C25H31N5O2S. The van der Waals surface area contributed by atoms with Crippen molar-refractivity contribution < 1.29 is 4.79 Å². The Bertz CT molecular complexity index is 1220. The van der Waals surface area contributed by atoms with E-state index in [0.717, 1.165) is 50.5 Å². The minimum absolute atomic E-state index is 0.0237. The van der Waals surface area contributed by atoms with Crippen molar-refractivity contribution in [2.75, 3.05) is 49.1 Å². The largest absolute Gasteiger partial charge is 0.368 e. The van der Waals surface area contributed by atoms with Crippen LogP contribution in [0, 0.1) is 13.8 Å². The molecule has 0 bridgehead atoms. The van der Waals surface area contributed by atoms with Gasteiger partial charge in [0.15, 0.2) is 0 Å². The number of benzene rings is 1. The summed E-state index contributed by atoms with van der Waals surface area (Å²) in [5.74, 6) is 0.831. The molecule has 0 atom stereocenters. The Kier molecular flexibility index (Phi) is 6.10. The molecule has 2 aromatic heterocycles. The van der Waals surface area contributed by atoms with Crippen LogP contribution in [0.5, 0.6) is 0 Å². The zero-order chi connectivity index (χ0) is 22.9. The fourth-order valence-corrected chi connectivity index (χ4v) is 5.69.